The van der Waals surface area contributed by atoms with Gasteiger partial charge in [0.15, 0.2) is 0 Å². The summed E-state index contributed by atoms with van der Waals surface area (Å²) in [6, 6.07) is 15.1. The highest BCUT2D eigenvalue weighted by Gasteiger charge is 2.10. The summed E-state index contributed by atoms with van der Waals surface area (Å²) in [5.74, 6) is 0.682. The molecule has 1 aromatic carbocycles. The molecule has 0 spiro atoms. The molecule has 1 aromatic heterocycles. The summed E-state index contributed by atoms with van der Waals surface area (Å²) in [5, 5.41) is 5.47. The minimum absolute atomic E-state index is 0.682. The van der Waals surface area contributed by atoms with Crippen LogP contribution in [0.2, 0.25) is 0 Å². The third-order valence-electron chi connectivity index (χ3n) is 2.93. The summed E-state index contributed by atoms with van der Waals surface area (Å²) in [6.45, 7) is 1.08. The Kier molecular flexibility index (Phi) is 4.77. The number of hydrogen-bond donors (Lipinski definition) is 1. The molecule has 1 unspecified atom stereocenters. The van der Waals surface area contributed by atoms with E-state index in [2.05, 4.69) is 53.2 Å². The third-order valence-corrected chi connectivity index (χ3v) is 3.83. The minimum atomic E-state index is 0.682. The van der Waals surface area contributed by atoms with Gasteiger partial charge in [0.25, 0.3) is 0 Å². The Morgan fingerprint density at radius 2 is 1.88 bits per heavy atom. The highest BCUT2D eigenvalue weighted by molar-refractivity contribution is 7.09. The molecule has 2 heteroatoms. The molecule has 0 aliphatic heterocycles. The van der Waals surface area contributed by atoms with Crippen LogP contribution in [0.5, 0.6) is 0 Å². The zero-order chi connectivity index (χ0) is 11.9. The highest BCUT2D eigenvalue weighted by atomic mass is 32.1. The third kappa shape index (κ3) is 3.99. The molecule has 90 valence electrons. The van der Waals surface area contributed by atoms with E-state index in [9.17, 15) is 0 Å². The van der Waals surface area contributed by atoms with Gasteiger partial charge in [-0.15, -0.1) is 11.3 Å². The molecule has 0 saturated heterocycles. The largest absolute Gasteiger partial charge is 0.319 e. The first-order valence-electron chi connectivity index (χ1n) is 6.09. The van der Waals surface area contributed by atoms with E-state index in [1.165, 1.54) is 16.9 Å². The second kappa shape index (κ2) is 6.58. The lowest BCUT2D eigenvalue weighted by Gasteiger charge is -2.15. The normalized spacial score (nSPS) is 12.5. The Morgan fingerprint density at radius 3 is 2.53 bits per heavy atom. The highest BCUT2D eigenvalue weighted by Crippen LogP contribution is 2.17. The number of nitrogens with one attached hydrogen (secondary N) is 1. The van der Waals surface area contributed by atoms with Gasteiger partial charge in [-0.25, -0.2) is 0 Å². The van der Waals surface area contributed by atoms with Crippen LogP contribution in [0.15, 0.2) is 47.8 Å². The van der Waals surface area contributed by atoms with Gasteiger partial charge in [0, 0.05) is 4.88 Å². The van der Waals surface area contributed by atoms with E-state index < -0.39 is 0 Å². The van der Waals surface area contributed by atoms with Gasteiger partial charge >= 0.3 is 0 Å². The molecular formula is C15H19NS. The first kappa shape index (κ1) is 12.3. The smallest absolute Gasteiger partial charge is 0.00485 e. The molecule has 0 saturated carbocycles. The van der Waals surface area contributed by atoms with Crippen molar-refractivity contribution in [3.05, 3.63) is 58.3 Å². The molecule has 1 atom stereocenters. The molecule has 2 rings (SSSR count). The molecule has 0 radical (unpaired) electrons. The van der Waals surface area contributed by atoms with Crippen LogP contribution in [-0.2, 0) is 12.8 Å². The monoisotopic (exact) mass is 245 g/mol. The number of hydrogen-bond acceptors (Lipinski definition) is 2. The van der Waals surface area contributed by atoms with Crippen molar-refractivity contribution < 1.29 is 0 Å². The molecule has 0 aliphatic carbocycles. The van der Waals surface area contributed by atoms with Gasteiger partial charge in [-0.05, 0) is 49.4 Å². The SMILES string of the molecule is CNCC(Cc1ccccc1)Cc1cccs1. The fourth-order valence-electron chi connectivity index (χ4n) is 2.17. The Bertz CT molecular complexity index is 408. The van der Waals surface area contributed by atoms with Crippen molar-refractivity contribution in [2.45, 2.75) is 12.8 Å². The molecule has 0 amide bonds. The van der Waals surface area contributed by atoms with E-state index in [1.807, 2.05) is 18.4 Å². The maximum atomic E-state index is 3.31. The van der Waals surface area contributed by atoms with Crippen molar-refractivity contribution in [2.75, 3.05) is 13.6 Å². The van der Waals surface area contributed by atoms with Crippen molar-refractivity contribution in [3.63, 3.8) is 0 Å². The van der Waals surface area contributed by atoms with E-state index in [0.717, 1.165) is 13.0 Å². The van der Waals surface area contributed by atoms with Gasteiger partial charge < -0.3 is 5.32 Å². The first-order valence-corrected chi connectivity index (χ1v) is 6.97. The number of benzene rings is 1. The summed E-state index contributed by atoms with van der Waals surface area (Å²) in [4.78, 5) is 1.49. The number of rotatable bonds is 6. The van der Waals surface area contributed by atoms with Gasteiger partial charge in [-0.2, -0.15) is 0 Å². The lowest BCUT2D eigenvalue weighted by molar-refractivity contribution is 0.496. The summed E-state index contributed by atoms with van der Waals surface area (Å²) < 4.78 is 0. The fourth-order valence-corrected chi connectivity index (χ4v) is 2.99. The lowest BCUT2D eigenvalue weighted by Crippen LogP contribution is -2.22. The predicted octanol–water partition coefficient (Wildman–Crippen LogP) is 3.37. The molecular weight excluding hydrogens is 226 g/mol. The second-order valence-corrected chi connectivity index (χ2v) is 5.43. The molecule has 1 nitrogen and oxygen atoms in total. The summed E-state index contributed by atoms with van der Waals surface area (Å²) in [5.41, 5.74) is 1.43. The van der Waals surface area contributed by atoms with Crippen molar-refractivity contribution in [3.8, 4) is 0 Å². The van der Waals surface area contributed by atoms with Crippen LogP contribution in [0, 0.1) is 5.92 Å². The van der Waals surface area contributed by atoms with Crippen LogP contribution in [-0.4, -0.2) is 13.6 Å². The fraction of sp³-hybridized carbons (Fsp3) is 0.333. The quantitative estimate of drug-likeness (QED) is 0.823. The zero-order valence-electron chi connectivity index (χ0n) is 10.2. The van der Waals surface area contributed by atoms with Gasteiger partial charge in [0.2, 0.25) is 0 Å². The van der Waals surface area contributed by atoms with E-state index in [4.69, 9.17) is 0 Å². The summed E-state index contributed by atoms with van der Waals surface area (Å²) in [7, 11) is 2.03. The van der Waals surface area contributed by atoms with Crippen molar-refractivity contribution in [1.29, 1.82) is 0 Å². The first-order chi connectivity index (χ1) is 8.38. The van der Waals surface area contributed by atoms with Gasteiger partial charge in [-0.3, -0.25) is 0 Å². The molecule has 0 fully saturated rings. The molecule has 2 aromatic rings. The van der Waals surface area contributed by atoms with E-state index in [-0.39, 0.29) is 0 Å². The van der Waals surface area contributed by atoms with Crippen LogP contribution in [0.1, 0.15) is 10.4 Å². The van der Waals surface area contributed by atoms with E-state index in [1.54, 1.807) is 0 Å². The maximum Gasteiger partial charge on any atom is 0.00485 e. The van der Waals surface area contributed by atoms with Crippen molar-refractivity contribution in [1.82, 2.24) is 5.32 Å². The Balaban J connectivity index is 1.97. The standard InChI is InChI=1S/C15H19NS/c1-16-12-14(11-15-8-5-9-17-15)10-13-6-3-2-4-7-13/h2-9,14,16H,10-12H2,1H3. The Morgan fingerprint density at radius 1 is 1.06 bits per heavy atom. The Labute approximate surface area is 108 Å². The van der Waals surface area contributed by atoms with E-state index in [0.29, 0.717) is 5.92 Å². The summed E-state index contributed by atoms with van der Waals surface area (Å²) >= 11 is 1.86. The van der Waals surface area contributed by atoms with Gasteiger partial charge in [0.1, 0.15) is 0 Å². The van der Waals surface area contributed by atoms with Crippen LogP contribution in [0.3, 0.4) is 0 Å². The molecule has 1 heterocycles. The van der Waals surface area contributed by atoms with Gasteiger partial charge in [-0.1, -0.05) is 36.4 Å². The summed E-state index contributed by atoms with van der Waals surface area (Å²) in [6.07, 6.45) is 2.33. The van der Waals surface area contributed by atoms with Crippen LogP contribution >= 0.6 is 11.3 Å². The van der Waals surface area contributed by atoms with Crippen LogP contribution < -0.4 is 5.32 Å². The molecule has 1 N–H and O–H groups in total. The number of thiophene rings is 1. The topological polar surface area (TPSA) is 12.0 Å². The second-order valence-electron chi connectivity index (χ2n) is 4.40. The van der Waals surface area contributed by atoms with Crippen LogP contribution in [0.4, 0.5) is 0 Å². The minimum Gasteiger partial charge on any atom is -0.319 e. The van der Waals surface area contributed by atoms with Gasteiger partial charge in [0.05, 0.1) is 0 Å². The molecule has 0 aliphatic rings. The zero-order valence-corrected chi connectivity index (χ0v) is 11.0. The van der Waals surface area contributed by atoms with Crippen molar-refractivity contribution in [2.24, 2.45) is 5.92 Å². The average Bonchev–Trinajstić information content (AvgIpc) is 2.83. The van der Waals surface area contributed by atoms with Crippen molar-refractivity contribution >= 4 is 11.3 Å². The maximum absolute atomic E-state index is 3.31. The lowest BCUT2D eigenvalue weighted by atomic mass is 9.95. The van der Waals surface area contributed by atoms with E-state index >= 15 is 0 Å². The molecule has 17 heavy (non-hydrogen) atoms. The predicted molar refractivity (Wildman–Crippen MR) is 75.6 cm³/mol. The average molecular weight is 245 g/mol. The molecule has 0 bridgehead atoms. The Hall–Kier alpha value is -1.12. The van der Waals surface area contributed by atoms with Crippen LogP contribution in [0.25, 0.3) is 0 Å².